The van der Waals surface area contributed by atoms with Gasteiger partial charge in [-0.25, -0.2) is 0 Å². The molecule has 0 radical (unpaired) electrons. The summed E-state index contributed by atoms with van der Waals surface area (Å²) in [6.45, 7) is 1.59. The van der Waals surface area contributed by atoms with Crippen molar-refractivity contribution < 1.29 is 19.0 Å². The average Bonchev–Trinajstić information content (AvgIpc) is 3.47. The Morgan fingerprint density at radius 3 is 2.76 bits per heavy atom. The molecule has 1 aromatic carbocycles. The number of hydrogen-bond donors (Lipinski definition) is 0. The van der Waals surface area contributed by atoms with Gasteiger partial charge in [-0.05, 0) is 36.3 Å². The van der Waals surface area contributed by atoms with Gasteiger partial charge in [0.1, 0.15) is 6.23 Å². The number of thioether (sulfide) groups is 1. The van der Waals surface area contributed by atoms with Crippen LogP contribution in [0, 0.1) is 5.92 Å². The maximum absolute atomic E-state index is 13.3. The highest BCUT2D eigenvalue weighted by Crippen LogP contribution is 2.40. The third-order valence-electron chi connectivity index (χ3n) is 6.31. The fourth-order valence-electron chi connectivity index (χ4n) is 4.69. The normalized spacial score (nSPS) is 29.9. The molecule has 4 atom stereocenters. The Morgan fingerprint density at radius 1 is 1.21 bits per heavy atom. The van der Waals surface area contributed by atoms with E-state index >= 15 is 0 Å². The van der Waals surface area contributed by atoms with Crippen molar-refractivity contribution in [1.82, 2.24) is 4.90 Å². The molecule has 0 aromatic heterocycles. The summed E-state index contributed by atoms with van der Waals surface area (Å²) in [6.07, 6.45) is 8.89. The van der Waals surface area contributed by atoms with E-state index in [2.05, 4.69) is 18.4 Å². The van der Waals surface area contributed by atoms with Crippen LogP contribution in [0.1, 0.15) is 44.1 Å². The molecule has 2 aliphatic heterocycles. The lowest BCUT2D eigenvalue weighted by molar-refractivity contribution is -0.140. The Morgan fingerprint density at radius 2 is 2.00 bits per heavy atom. The lowest BCUT2D eigenvalue weighted by Gasteiger charge is -2.28. The number of nitrogens with zero attached hydrogens (tertiary/aromatic N) is 1. The summed E-state index contributed by atoms with van der Waals surface area (Å²) < 4.78 is 17.9. The molecule has 0 unspecified atom stereocenters. The lowest BCUT2D eigenvalue weighted by atomic mass is 9.86. The topological polar surface area (TPSA) is 51.3 Å². The molecule has 5 nitrogen and oxygen atoms in total. The van der Waals surface area contributed by atoms with Crippen molar-refractivity contribution in [2.24, 2.45) is 5.92 Å². The summed E-state index contributed by atoms with van der Waals surface area (Å²) in [5.74, 6) is 1.64. The van der Waals surface area contributed by atoms with Crippen LogP contribution >= 0.6 is 11.8 Å². The fraction of sp³-hybridized carbons (Fsp3) is 0.696. The number of hydrogen-bond acceptors (Lipinski definition) is 5. The average molecular weight is 420 g/mol. The van der Waals surface area contributed by atoms with Crippen molar-refractivity contribution in [2.45, 2.75) is 69.6 Å². The Bertz CT molecular complexity index is 652. The van der Waals surface area contributed by atoms with Crippen molar-refractivity contribution in [1.29, 1.82) is 0 Å². The van der Waals surface area contributed by atoms with Crippen LogP contribution in [0.15, 0.2) is 30.3 Å². The summed E-state index contributed by atoms with van der Waals surface area (Å²) in [5.41, 5.74) is 1.14. The second-order valence-electron chi connectivity index (χ2n) is 8.39. The zero-order valence-corrected chi connectivity index (χ0v) is 18.1. The molecule has 2 saturated heterocycles. The zero-order valence-electron chi connectivity index (χ0n) is 17.3. The number of carbonyl (C=O) groups is 1. The van der Waals surface area contributed by atoms with E-state index in [1.165, 1.54) is 32.1 Å². The molecule has 1 amide bonds. The van der Waals surface area contributed by atoms with Gasteiger partial charge >= 0.3 is 0 Å². The van der Waals surface area contributed by atoms with E-state index in [0.717, 1.165) is 17.7 Å². The Hall–Kier alpha value is -1.08. The number of epoxide rings is 1. The first-order valence-electron chi connectivity index (χ1n) is 11.0. The minimum absolute atomic E-state index is 0.0331. The van der Waals surface area contributed by atoms with Gasteiger partial charge in [-0.3, -0.25) is 4.79 Å². The first kappa shape index (κ1) is 21.2. The Labute approximate surface area is 178 Å². The monoisotopic (exact) mass is 419 g/mol. The van der Waals surface area contributed by atoms with Gasteiger partial charge in [-0.1, -0.05) is 49.6 Å². The molecule has 0 bridgehead atoms. The van der Waals surface area contributed by atoms with Gasteiger partial charge in [0.05, 0.1) is 32.0 Å². The predicted octanol–water partition coefficient (Wildman–Crippen LogP) is 3.86. The molecule has 29 heavy (non-hydrogen) atoms. The summed E-state index contributed by atoms with van der Waals surface area (Å²) in [6, 6.07) is 10.1. The highest BCUT2D eigenvalue weighted by Gasteiger charge is 2.54. The molecule has 0 N–H and O–H groups in total. The van der Waals surface area contributed by atoms with Crippen LogP contribution in [0.5, 0.6) is 0 Å². The number of amides is 1. The SMILES string of the molecule is CSCC[C@H]1OC[C@H](COCc2ccccc2)N1C(=O)[C@H]1O[C@@H]1C1CCCCC1. The van der Waals surface area contributed by atoms with Crippen molar-refractivity contribution in [3.05, 3.63) is 35.9 Å². The van der Waals surface area contributed by atoms with E-state index in [4.69, 9.17) is 14.2 Å². The zero-order chi connectivity index (χ0) is 20.1. The number of carbonyl (C=O) groups excluding carboxylic acids is 1. The van der Waals surface area contributed by atoms with Crippen molar-refractivity contribution in [2.75, 3.05) is 25.2 Å². The molecule has 6 heteroatoms. The highest BCUT2D eigenvalue weighted by atomic mass is 32.2. The van der Waals surface area contributed by atoms with Gasteiger partial charge in [0, 0.05) is 6.42 Å². The first-order chi connectivity index (χ1) is 14.3. The standard InChI is InChI=1S/C23H33NO4S/c1-29-13-12-20-24(23(25)22-21(28-22)18-10-6-3-7-11-18)19(16-27-20)15-26-14-17-8-4-2-5-9-17/h2,4-5,8-9,18-22H,3,6-7,10-16H2,1H3/t19-,20+,21+,22-/m0/s1. The molecule has 4 rings (SSSR count). The van der Waals surface area contributed by atoms with Gasteiger partial charge in [-0.2, -0.15) is 11.8 Å². The summed E-state index contributed by atoms with van der Waals surface area (Å²) in [5, 5.41) is 0. The molecule has 1 aliphatic carbocycles. The van der Waals surface area contributed by atoms with Gasteiger partial charge in [-0.15, -0.1) is 0 Å². The van der Waals surface area contributed by atoms with Crippen LogP contribution in [0.25, 0.3) is 0 Å². The highest BCUT2D eigenvalue weighted by molar-refractivity contribution is 7.98. The molecule has 3 fully saturated rings. The number of rotatable bonds is 9. The van der Waals surface area contributed by atoms with E-state index < -0.39 is 0 Å². The maximum Gasteiger partial charge on any atom is 0.256 e. The van der Waals surface area contributed by atoms with Gasteiger partial charge < -0.3 is 19.1 Å². The molecule has 0 spiro atoms. The maximum atomic E-state index is 13.3. The van der Waals surface area contributed by atoms with E-state index in [-0.39, 0.29) is 30.4 Å². The van der Waals surface area contributed by atoms with Crippen LogP contribution < -0.4 is 0 Å². The van der Waals surface area contributed by atoms with Gasteiger partial charge in [0.25, 0.3) is 5.91 Å². The van der Waals surface area contributed by atoms with Crippen molar-refractivity contribution >= 4 is 17.7 Å². The molecule has 160 valence electrons. The molecule has 3 aliphatic rings. The van der Waals surface area contributed by atoms with Crippen LogP contribution in [0.3, 0.4) is 0 Å². The van der Waals surface area contributed by atoms with Crippen LogP contribution in [0.2, 0.25) is 0 Å². The Kier molecular flexibility index (Phi) is 7.51. The largest absolute Gasteiger partial charge is 0.375 e. The van der Waals surface area contributed by atoms with E-state index in [9.17, 15) is 4.79 Å². The number of benzene rings is 1. The van der Waals surface area contributed by atoms with Gasteiger partial charge in [0.15, 0.2) is 6.10 Å². The van der Waals surface area contributed by atoms with E-state index in [1.54, 1.807) is 11.8 Å². The van der Waals surface area contributed by atoms with Crippen molar-refractivity contribution in [3.63, 3.8) is 0 Å². The second-order valence-corrected chi connectivity index (χ2v) is 9.37. The van der Waals surface area contributed by atoms with E-state index in [1.807, 2.05) is 23.1 Å². The molecular weight excluding hydrogens is 386 g/mol. The van der Waals surface area contributed by atoms with E-state index in [0.29, 0.717) is 25.7 Å². The molecule has 1 aromatic rings. The first-order valence-corrected chi connectivity index (χ1v) is 12.4. The van der Waals surface area contributed by atoms with Crippen LogP contribution in [0.4, 0.5) is 0 Å². The summed E-state index contributed by atoms with van der Waals surface area (Å²) >= 11 is 1.79. The fourth-order valence-corrected chi connectivity index (χ4v) is 5.12. The third kappa shape index (κ3) is 5.35. The van der Waals surface area contributed by atoms with Crippen LogP contribution in [-0.4, -0.2) is 60.5 Å². The minimum Gasteiger partial charge on any atom is -0.375 e. The predicted molar refractivity (Wildman–Crippen MR) is 115 cm³/mol. The van der Waals surface area contributed by atoms with Gasteiger partial charge in [0.2, 0.25) is 0 Å². The number of ether oxygens (including phenoxy) is 3. The quantitative estimate of drug-likeness (QED) is 0.569. The summed E-state index contributed by atoms with van der Waals surface area (Å²) in [7, 11) is 0. The molecule has 1 saturated carbocycles. The third-order valence-corrected chi connectivity index (χ3v) is 6.96. The smallest absolute Gasteiger partial charge is 0.256 e. The second kappa shape index (κ2) is 10.3. The van der Waals surface area contributed by atoms with Crippen molar-refractivity contribution in [3.8, 4) is 0 Å². The summed E-state index contributed by atoms with van der Waals surface area (Å²) in [4.78, 5) is 15.3. The molecule has 2 heterocycles. The van der Waals surface area contributed by atoms with Crippen LogP contribution in [-0.2, 0) is 25.6 Å². The lowest BCUT2D eigenvalue weighted by Crippen LogP contribution is -2.47. The molecular formula is C23H33NO4S. The Balaban J connectivity index is 1.35. The minimum atomic E-state index is -0.270.